The average Bonchev–Trinajstić information content (AvgIpc) is 2.34. The van der Waals surface area contributed by atoms with E-state index in [1.54, 1.807) is 13.0 Å². The maximum absolute atomic E-state index is 13.1. The molecule has 0 bridgehead atoms. The van der Waals surface area contributed by atoms with Gasteiger partial charge < -0.3 is 9.84 Å². The van der Waals surface area contributed by atoms with Crippen molar-refractivity contribution in [1.29, 1.82) is 0 Å². The molecule has 2 rings (SSSR count). The minimum Gasteiger partial charge on any atom is -0.456 e. The molecule has 2 aromatic rings. The molecule has 4 heteroatoms. The van der Waals surface area contributed by atoms with Crippen molar-refractivity contribution in [2.24, 2.45) is 0 Å². The van der Waals surface area contributed by atoms with E-state index in [4.69, 9.17) is 4.74 Å². The smallest absolute Gasteiger partial charge is 0.141 e. The van der Waals surface area contributed by atoms with Crippen LogP contribution in [0.4, 0.5) is 4.39 Å². The Morgan fingerprint density at radius 1 is 1.17 bits per heavy atom. The molecule has 0 saturated carbocycles. The molecule has 0 aromatic heterocycles. The van der Waals surface area contributed by atoms with Crippen molar-refractivity contribution in [3.63, 3.8) is 0 Å². The molecule has 0 aliphatic heterocycles. The third-order valence-electron chi connectivity index (χ3n) is 2.48. The molecule has 0 heterocycles. The molecule has 18 heavy (non-hydrogen) atoms. The molecule has 0 amide bonds. The van der Waals surface area contributed by atoms with Crippen LogP contribution in [0.2, 0.25) is 0 Å². The second kappa shape index (κ2) is 5.50. The van der Waals surface area contributed by atoms with E-state index in [9.17, 15) is 9.50 Å². The predicted molar refractivity (Wildman–Crippen MR) is 71.2 cm³/mol. The molecule has 1 N–H and O–H groups in total. The Morgan fingerprint density at radius 2 is 1.89 bits per heavy atom. The van der Waals surface area contributed by atoms with Gasteiger partial charge >= 0.3 is 0 Å². The first kappa shape index (κ1) is 13.1. The van der Waals surface area contributed by atoms with E-state index < -0.39 is 11.9 Å². The zero-order valence-electron chi connectivity index (χ0n) is 9.73. The Bertz CT molecular complexity index is 555. The van der Waals surface area contributed by atoms with Crippen molar-refractivity contribution in [2.45, 2.75) is 13.0 Å². The summed E-state index contributed by atoms with van der Waals surface area (Å²) in [6.07, 6.45) is -0.793. The summed E-state index contributed by atoms with van der Waals surface area (Å²) in [5.41, 5.74) is 0.422. The highest BCUT2D eigenvalue weighted by Gasteiger charge is 2.12. The Balaban J connectivity index is 2.37. The average molecular weight is 311 g/mol. The number of ether oxygens (including phenoxy) is 1. The van der Waals surface area contributed by atoms with E-state index in [0.29, 0.717) is 17.1 Å². The quantitative estimate of drug-likeness (QED) is 0.908. The van der Waals surface area contributed by atoms with Gasteiger partial charge in [-0.25, -0.2) is 4.39 Å². The summed E-state index contributed by atoms with van der Waals surface area (Å²) in [6.45, 7) is 1.57. The number of benzene rings is 2. The number of aliphatic hydroxyl groups is 1. The van der Waals surface area contributed by atoms with Crippen LogP contribution in [0.1, 0.15) is 18.6 Å². The van der Waals surface area contributed by atoms with Crippen LogP contribution in [0.15, 0.2) is 46.9 Å². The van der Waals surface area contributed by atoms with Gasteiger partial charge in [-0.05, 0) is 53.2 Å². The Hall–Kier alpha value is -1.39. The van der Waals surface area contributed by atoms with Crippen LogP contribution >= 0.6 is 15.9 Å². The fourth-order valence-corrected chi connectivity index (χ4v) is 1.95. The predicted octanol–water partition coefficient (Wildman–Crippen LogP) is 4.43. The molecule has 0 spiro atoms. The number of aliphatic hydroxyl groups excluding tert-OH is 1. The molecule has 0 aliphatic carbocycles. The molecule has 2 nitrogen and oxygen atoms in total. The maximum atomic E-state index is 13.1. The van der Waals surface area contributed by atoms with Crippen molar-refractivity contribution >= 4 is 15.9 Å². The van der Waals surface area contributed by atoms with Gasteiger partial charge in [0.05, 0.1) is 10.6 Å². The molecular weight excluding hydrogens is 299 g/mol. The van der Waals surface area contributed by atoms with Crippen molar-refractivity contribution < 1.29 is 14.2 Å². The van der Waals surface area contributed by atoms with Gasteiger partial charge in [0.1, 0.15) is 17.3 Å². The minimum atomic E-state index is -0.793. The van der Waals surface area contributed by atoms with Gasteiger partial charge in [0.15, 0.2) is 0 Å². The maximum Gasteiger partial charge on any atom is 0.141 e. The molecule has 0 saturated heterocycles. The molecule has 1 unspecified atom stereocenters. The largest absolute Gasteiger partial charge is 0.456 e. The summed E-state index contributed by atoms with van der Waals surface area (Å²) in [5, 5.41) is 9.62. The summed E-state index contributed by atoms with van der Waals surface area (Å²) in [4.78, 5) is 0. The third kappa shape index (κ3) is 2.89. The van der Waals surface area contributed by atoms with E-state index in [-0.39, 0.29) is 0 Å². The highest BCUT2D eigenvalue weighted by atomic mass is 79.9. The monoisotopic (exact) mass is 310 g/mol. The lowest BCUT2D eigenvalue weighted by Gasteiger charge is -2.14. The minimum absolute atomic E-state index is 0.398. The highest BCUT2D eigenvalue weighted by Crippen LogP contribution is 2.33. The fourth-order valence-electron chi connectivity index (χ4n) is 1.58. The molecule has 1 atom stereocenters. The van der Waals surface area contributed by atoms with Crippen molar-refractivity contribution in [1.82, 2.24) is 0 Å². The molecular formula is C14H12BrFO2. The molecule has 2 aromatic carbocycles. The van der Waals surface area contributed by atoms with Crippen LogP contribution in [0, 0.1) is 5.82 Å². The number of rotatable bonds is 3. The topological polar surface area (TPSA) is 29.5 Å². The van der Waals surface area contributed by atoms with Gasteiger partial charge in [0, 0.05) is 5.56 Å². The zero-order chi connectivity index (χ0) is 13.1. The first-order chi connectivity index (χ1) is 8.58. The zero-order valence-corrected chi connectivity index (χ0v) is 11.3. The summed E-state index contributed by atoms with van der Waals surface area (Å²) < 4.78 is 19.6. The van der Waals surface area contributed by atoms with Gasteiger partial charge in [0.2, 0.25) is 0 Å². The molecule has 0 aliphatic rings. The summed E-state index contributed by atoms with van der Waals surface area (Å²) in [6, 6.07) is 11.4. The Kier molecular flexibility index (Phi) is 3.99. The lowest BCUT2D eigenvalue weighted by molar-refractivity contribution is 0.195. The van der Waals surface area contributed by atoms with E-state index in [1.165, 1.54) is 18.2 Å². The van der Waals surface area contributed by atoms with Gasteiger partial charge in [-0.2, -0.15) is 0 Å². The van der Waals surface area contributed by atoms with Crippen molar-refractivity contribution in [2.75, 3.05) is 0 Å². The first-order valence-electron chi connectivity index (χ1n) is 5.48. The van der Waals surface area contributed by atoms with Crippen LogP contribution in [0.5, 0.6) is 11.5 Å². The van der Waals surface area contributed by atoms with Crippen molar-refractivity contribution in [3.8, 4) is 11.5 Å². The van der Waals surface area contributed by atoms with Gasteiger partial charge in [-0.15, -0.1) is 0 Å². The normalized spacial score (nSPS) is 12.2. The second-order valence-electron chi connectivity index (χ2n) is 3.89. The standard InChI is InChI=1S/C14H12BrFO2/c1-9(17)11-8-10(16)6-7-13(11)18-14-5-3-2-4-12(14)15/h2-9,17H,1H3. The van der Waals surface area contributed by atoms with Crippen molar-refractivity contribution in [3.05, 3.63) is 58.3 Å². The Morgan fingerprint density at radius 3 is 2.56 bits per heavy atom. The van der Waals surface area contributed by atoms with Gasteiger partial charge in [-0.1, -0.05) is 12.1 Å². The first-order valence-corrected chi connectivity index (χ1v) is 6.27. The second-order valence-corrected chi connectivity index (χ2v) is 4.74. The Labute approximate surface area is 113 Å². The number of hydrogen-bond acceptors (Lipinski definition) is 2. The number of hydrogen-bond donors (Lipinski definition) is 1. The fraction of sp³-hybridized carbons (Fsp3) is 0.143. The summed E-state index contributed by atoms with van der Waals surface area (Å²) >= 11 is 3.37. The van der Waals surface area contributed by atoms with Crippen LogP contribution in [0.3, 0.4) is 0 Å². The van der Waals surface area contributed by atoms with E-state index >= 15 is 0 Å². The number of halogens is 2. The van der Waals surface area contributed by atoms with Crippen LogP contribution in [-0.4, -0.2) is 5.11 Å². The third-order valence-corrected chi connectivity index (χ3v) is 3.13. The van der Waals surface area contributed by atoms with Crippen LogP contribution in [0.25, 0.3) is 0 Å². The van der Waals surface area contributed by atoms with Gasteiger partial charge in [0.25, 0.3) is 0 Å². The van der Waals surface area contributed by atoms with Crippen LogP contribution < -0.4 is 4.74 Å². The van der Waals surface area contributed by atoms with E-state index in [2.05, 4.69) is 15.9 Å². The lowest BCUT2D eigenvalue weighted by atomic mass is 10.1. The lowest BCUT2D eigenvalue weighted by Crippen LogP contribution is -1.97. The highest BCUT2D eigenvalue weighted by molar-refractivity contribution is 9.10. The molecule has 0 fully saturated rings. The summed E-state index contributed by atoms with van der Waals surface area (Å²) in [5.74, 6) is 0.662. The number of para-hydroxylation sites is 1. The van der Waals surface area contributed by atoms with E-state index in [0.717, 1.165) is 4.47 Å². The SMILES string of the molecule is CC(O)c1cc(F)ccc1Oc1ccccc1Br. The molecule has 0 radical (unpaired) electrons. The van der Waals surface area contributed by atoms with Crippen LogP contribution in [-0.2, 0) is 0 Å². The van der Waals surface area contributed by atoms with E-state index in [1.807, 2.05) is 18.2 Å². The van der Waals surface area contributed by atoms with Gasteiger partial charge in [-0.3, -0.25) is 0 Å². The summed E-state index contributed by atoms with van der Waals surface area (Å²) in [7, 11) is 0. The molecule has 94 valence electrons.